The van der Waals surface area contributed by atoms with Gasteiger partial charge in [0.15, 0.2) is 15.0 Å². The van der Waals surface area contributed by atoms with Crippen molar-refractivity contribution in [3.05, 3.63) is 0 Å². The first kappa shape index (κ1) is 15.9. The molecule has 7 heteroatoms. The fraction of sp³-hybridized carbons (Fsp3) is 0.875. The Bertz CT molecular complexity index is 646. The molecule has 4 fully saturated rings. The van der Waals surface area contributed by atoms with E-state index in [-0.39, 0.29) is 28.7 Å². The number of carbonyl (C=O) groups excluding carboxylic acids is 1. The van der Waals surface area contributed by atoms with E-state index in [0.717, 1.165) is 23.9 Å². The van der Waals surface area contributed by atoms with Gasteiger partial charge in [-0.2, -0.15) is 4.99 Å². The predicted molar refractivity (Wildman–Crippen MR) is 92.2 cm³/mol. The third kappa shape index (κ3) is 2.84. The molecule has 23 heavy (non-hydrogen) atoms. The minimum absolute atomic E-state index is 0.0301. The van der Waals surface area contributed by atoms with Crippen molar-refractivity contribution in [3.63, 3.8) is 0 Å². The number of aliphatic imine (C=N–C) groups is 1. The lowest BCUT2D eigenvalue weighted by molar-refractivity contribution is -0.117. The standard InChI is InChI=1S/C16H24N2O3S2/c1-2-3-15(19)17-16-18(12-7-10-4-5-11(12)6-10)13-8-23(20,21)9-14(13)22-16/h10-14H,2-9H2,1H3/t10-,11-,12-,13+,14+/m0/s1. The van der Waals surface area contributed by atoms with Crippen LogP contribution in [0.4, 0.5) is 0 Å². The Balaban J connectivity index is 1.63. The van der Waals surface area contributed by atoms with Crippen LogP contribution >= 0.6 is 11.8 Å². The lowest BCUT2D eigenvalue weighted by Gasteiger charge is -2.36. The zero-order valence-corrected chi connectivity index (χ0v) is 15.1. The van der Waals surface area contributed by atoms with Gasteiger partial charge in [0.1, 0.15) is 0 Å². The Morgan fingerprint density at radius 3 is 2.74 bits per heavy atom. The minimum atomic E-state index is -2.95. The number of thioether (sulfide) groups is 1. The van der Waals surface area contributed by atoms with Crippen molar-refractivity contribution in [1.82, 2.24) is 4.90 Å². The Morgan fingerprint density at radius 1 is 1.26 bits per heavy atom. The van der Waals surface area contributed by atoms with Gasteiger partial charge in [0.2, 0.25) is 5.91 Å². The third-order valence-corrected chi connectivity index (χ3v) is 9.07. The molecule has 0 aromatic carbocycles. The molecule has 0 spiro atoms. The van der Waals surface area contributed by atoms with E-state index in [9.17, 15) is 13.2 Å². The monoisotopic (exact) mass is 356 g/mol. The minimum Gasteiger partial charge on any atom is -0.343 e. The van der Waals surface area contributed by atoms with E-state index in [1.807, 2.05) is 6.92 Å². The Morgan fingerprint density at radius 2 is 2.09 bits per heavy atom. The van der Waals surface area contributed by atoms with Gasteiger partial charge >= 0.3 is 0 Å². The molecule has 2 aliphatic heterocycles. The van der Waals surface area contributed by atoms with Crippen molar-refractivity contribution in [3.8, 4) is 0 Å². The number of hydrogen-bond acceptors (Lipinski definition) is 4. The van der Waals surface area contributed by atoms with Crippen molar-refractivity contribution in [2.75, 3.05) is 11.5 Å². The fourth-order valence-corrected chi connectivity index (χ4v) is 8.90. The maximum atomic E-state index is 12.0. The van der Waals surface area contributed by atoms with E-state index in [4.69, 9.17) is 0 Å². The van der Waals surface area contributed by atoms with Gasteiger partial charge in [-0.1, -0.05) is 25.1 Å². The summed E-state index contributed by atoms with van der Waals surface area (Å²) in [4.78, 5) is 18.7. The Kier molecular flexibility index (Phi) is 3.99. The number of fused-ring (bicyclic) bond motifs is 3. The first-order chi connectivity index (χ1) is 11.0. The first-order valence-electron chi connectivity index (χ1n) is 8.74. The third-order valence-electron chi connectivity index (χ3n) is 5.85. The van der Waals surface area contributed by atoms with E-state index in [1.54, 1.807) is 0 Å². The maximum Gasteiger partial charge on any atom is 0.248 e. The van der Waals surface area contributed by atoms with Gasteiger partial charge in [-0.3, -0.25) is 4.79 Å². The average Bonchev–Trinajstić information content (AvgIpc) is 3.18. The summed E-state index contributed by atoms with van der Waals surface area (Å²) in [5, 5.41) is 0.873. The van der Waals surface area contributed by atoms with Crippen LogP contribution in [0.15, 0.2) is 4.99 Å². The lowest BCUT2D eigenvalue weighted by atomic mass is 9.93. The van der Waals surface area contributed by atoms with Crippen LogP contribution in [0, 0.1) is 11.8 Å². The summed E-state index contributed by atoms with van der Waals surface area (Å²) in [6.45, 7) is 1.98. The molecule has 0 aromatic rings. The van der Waals surface area contributed by atoms with Gasteiger partial charge < -0.3 is 4.90 Å². The summed E-state index contributed by atoms with van der Waals surface area (Å²) in [6, 6.07) is 0.431. The number of rotatable bonds is 3. The highest BCUT2D eigenvalue weighted by molar-refractivity contribution is 8.15. The number of amides is 1. The molecule has 2 saturated carbocycles. The quantitative estimate of drug-likeness (QED) is 0.774. The van der Waals surface area contributed by atoms with Crippen molar-refractivity contribution in [1.29, 1.82) is 0 Å². The van der Waals surface area contributed by atoms with Gasteiger partial charge in [0.25, 0.3) is 0 Å². The van der Waals surface area contributed by atoms with Crippen LogP contribution in [-0.2, 0) is 14.6 Å². The zero-order chi connectivity index (χ0) is 16.2. The summed E-state index contributed by atoms with van der Waals surface area (Å²) in [6.07, 6.45) is 6.26. The summed E-state index contributed by atoms with van der Waals surface area (Å²) < 4.78 is 24.1. The largest absolute Gasteiger partial charge is 0.343 e. The average molecular weight is 357 g/mol. The van der Waals surface area contributed by atoms with E-state index < -0.39 is 9.84 Å². The van der Waals surface area contributed by atoms with E-state index in [0.29, 0.717) is 18.4 Å². The number of sulfone groups is 1. The Hall–Kier alpha value is -0.560. The van der Waals surface area contributed by atoms with Crippen LogP contribution in [0.1, 0.15) is 45.4 Å². The van der Waals surface area contributed by atoms with Gasteiger partial charge in [0.05, 0.1) is 17.5 Å². The van der Waals surface area contributed by atoms with Gasteiger partial charge in [-0.05, 0) is 37.5 Å². The molecule has 2 saturated heterocycles. The smallest absolute Gasteiger partial charge is 0.248 e. The second kappa shape index (κ2) is 5.76. The Labute approximate surface area is 142 Å². The zero-order valence-electron chi connectivity index (χ0n) is 13.5. The lowest BCUT2D eigenvalue weighted by Crippen LogP contribution is -2.47. The normalized spacial score (nSPS) is 42.6. The molecule has 5 atom stereocenters. The van der Waals surface area contributed by atoms with Crippen LogP contribution in [0.5, 0.6) is 0 Å². The van der Waals surface area contributed by atoms with Crippen LogP contribution in [-0.4, -0.2) is 53.2 Å². The summed E-state index contributed by atoms with van der Waals surface area (Å²) in [5.41, 5.74) is 0. The van der Waals surface area contributed by atoms with Crippen molar-refractivity contribution in [2.24, 2.45) is 16.8 Å². The highest BCUT2D eigenvalue weighted by atomic mass is 32.2. The summed E-state index contributed by atoms with van der Waals surface area (Å²) in [7, 11) is -2.95. The number of nitrogens with zero attached hydrogens (tertiary/aromatic N) is 2. The molecule has 5 nitrogen and oxygen atoms in total. The van der Waals surface area contributed by atoms with E-state index in [2.05, 4.69) is 9.89 Å². The molecule has 2 heterocycles. The highest BCUT2D eigenvalue weighted by Crippen LogP contribution is 2.51. The molecule has 1 amide bonds. The SMILES string of the molecule is CCCC(=O)N=C1S[C@@H]2CS(=O)(=O)C[C@H]2N1[C@H]1C[C@H]2CC[C@H]1C2. The topological polar surface area (TPSA) is 66.8 Å². The number of amidine groups is 1. The summed E-state index contributed by atoms with van der Waals surface area (Å²) >= 11 is 1.54. The highest BCUT2D eigenvalue weighted by Gasteiger charge is 2.54. The molecule has 0 aromatic heterocycles. The molecule has 4 rings (SSSR count). The van der Waals surface area contributed by atoms with E-state index >= 15 is 0 Å². The van der Waals surface area contributed by atoms with Crippen molar-refractivity contribution >= 4 is 32.7 Å². The van der Waals surface area contributed by atoms with Crippen molar-refractivity contribution < 1.29 is 13.2 Å². The molecular weight excluding hydrogens is 332 g/mol. The number of carbonyl (C=O) groups is 1. The molecule has 0 N–H and O–H groups in total. The van der Waals surface area contributed by atoms with Crippen LogP contribution < -0.4 is 0 Å². The van der Waals surface area contributed by atoms with Crippen LogP contribution in [0.2, 0.25) is 0 Å². The number of hydrogen-bond donors (Lipinski definition) is 0. The molecular formula is C16H24N2O3S2. The molecule has 4 aliphatic rings. The van der Waals surface area contributed by atoms with E-state index in [1.165, 1.54) is 31.0 Å². The summed E-state index contributed by atoms with van der Waals surface area (Å²) in [5.74, 6) is 1.86. The van der Waals surface area contributed by atoms with Crippen LogP contribution in [0.3, 0.4) is 0 Å². The molecule has 2 aliphatic carbocycles. The van der Waals surface area contributed by atoms with Gasteiger partial charge in [-0.25, -0.2) is 8.42 Å². The second-order valence-electron chi connectivity index (χ2n) is 7.49. The van der Waals surface area contributed by atoms with Gasteiger partial charge in [-0.15, -0.1) is 0 Å². The van der Waals surface area contributed by atoms with Crippen LogP contribution in [0.25, 0.3) is 0 Å². The van der Waals surface area contributed by atoms with Crippen molar-refractivity contribution in [2.45, 2.75) is 62.8 Å². The predicted octanol–water partition coefficient (Wildman–Crippen LogP) is 2.07. The molecule has 0 radical (unpaired) electrons. The maximum absolute atomic E-state index is 12.0. The second-order valence-corrected chi connectivity index (χ2v) is 10.8. The molecule has 2 bridgehead atoms. The van der Waals surface area contributed by atoms with Gasteiger partial charge in [0, 0.05) is 17.7 Å². The molecule has 128 valence electrons. The molecule has 0 unspecified atom stereocenters. The first-order valence-corrected chi connectivity index (χ1v) is 11.4. The fourth-order valence-electron chi connectivity index (χ4n) is 4.91.